The highest BCUT2D eigenvalue weighted by Crippen LogP contribution is 2.35. The van der Waals surface area contributed by atoms with Gasteiger partial charge >= 0.3 is 5.97 Å². The molecule has 0 saturated carbocycles. The first kappa shape index (κ1) is 16.6. The summed E-state index contributed by atoms with van der Waals surface area (Å²) >= 11 is 0. The Morgan fingerprint density at radius 2 is 1.80 bits per heavy atom. The monoisotopic (exact) mass is 345 g/mol. The largest absolute Gasteiger partial charge is 0.497 e. The van der Waals surface area contributed by atoms with Gasteiger partial charge in [0.05, 0.1) is 36.4 Å². The quantitative estimate of drug-likeness (QED) is 0.777. The van der Waals surface area contributed by atoms with Gasteiger partial charge in [0.25, 0.3) is 0 Å². The fourth-order valence-electron chi connectivity index (χ4n) is 2.56. The van der Waals surface area contributed by atoms with Crippen molar-refractivity contribution < 1.29 is 28.2 Å². The van der Waals surface area contributed by atoms with Crippen LogP contribution in [0, 0.1) is 11.6 Å². The second-order valence-corrected chi connectivity index (χ2v) is 5.21. The third-order valence-corrected chi connectivity index (χ3v) is 3.75. The van der Waals surface area contributed by atoms with E-state index in [1.807, 2.05) is 0 Å². The number of hydrogen-bond acceptors (Lipinski definition) is 4. The number of carboxylic acids is 1. The fraction of sp³-hybridized carbons (Fsp3) is 0.111. The van der Waals surface area contributed by atoms with Crippen LogP contribution in [-0.4, -0.2) is 30.3 Å². The lowest BCUT2D eigenvalue weighted by Gasteiger charge is -2.12. The van der Waals surface area contributed by atoms with Crippen molar-refractivity contribution in [1.29, 1.82) is 0 Å². The number of methoxy groups -OCH3 is 2. The summed E-state index contributed by atoms with van der Waals surface area (Å²) in [5.41, 5.74) is 0.685. The van der Waals surface area contributed by atoms with Crippen LogP contribution in [0.5, 0.6) is 11.5 Å². The molecule has 3 aromatic rings. The zero-order valence-electron chi connectivity index (χ0n) is 13.3. The van der Waals surface area contributed by atoms with Gasteiger partial charge in [-0.05, 0) is 24.3 Å². The summed E-state index contributed by atoms with van der Waals surface area (Å²) in [5.74, 6) is -2.52. The number of fused-ring (bicyclic) bond motifs is 1. The number of pyridine rings is 1. The molecule has 0 radical (unpaired) electrons. The molecule has 0 amide bonds. The van der Waals surface area contributed by atoms with E-state index < -0.39 is 17.6 Å². The van der Waals surface area contributed by atoms with Crippen molar-refractivity contribution in [3.8, 4) is 22.8 Å². The van der Waals surface area contributed by atoms with Gasteiger partial charge in [-0.3, -0.25) is 0 Å². The van der Waals surface area contributed by atoms with Gasteiger partial charge in [0.2, 0.25) is 0 Å². The Balaban J connectivity index is 2.35. The first-order chi connectivity index (χ1) is 11.9. The Morgan fingerprint density at radius 1 is 1.04 bits per heavy atom. The highest BCUT2D eigenvalue weighted by Gasteiger charge is 2.18. The highest BCUT2D eigenvalue weighted by atomic mass is 19.2. The molecule has 2 aromatic carbocycles. The van der Waals surface area contributed by atoms with Crippen LogP contribution in [0.1, 0.15) is 10.4 Å². The summed E-state index contributed by atoms with van der Waals surface area (Å²) in [6.45, 7) is 0. The van der Waals surface area contributed by atoms with E-state index in [1.54, 1.807) is 12.1 Å². The smallest absolute Gasteiger partial charge is 0.336 e. The number of aromatic nitrogens is 1. The number of rotatable bonds is 4. The summed E-state index contributed by atoms with van der Waals surface area (Å²) in [6, 6.07) is 7.65. The van der Waals surface area contributed by atoms with Gasteiger partial charge < -0.3 is 14.6 Å². The summed E-state index contributed by atoms with van der Waals surface area (Å²) in [4.78, 5) is 16.1. The Kier molecular flexibility index (Phi) is 4.22. The van der Waals surface area contributed by atoms with Crippen LogP contribution < -0.4 is 9.47 Å². The van der Waals surface area contributed by atoms with Crippen molar-refractivity contribution in [3.63, 3.8) is 0 Å². The summed E-state index contributed by atoms with van der Waals surface area (Å²) in [7, 11) is 2.86. The molecule has 0 aliphatic rings. The Labute approximate surface area is 141 Å². The molecule has 0 atom stereocenters. The minimum atomic E-state index is -1.19. The van der Waals surface area contributed by atoms with E-state index >= 15 is 0 Å². The van der Waals surface area contributed by atoms with Gasteiger partial charge in [0.15, 0.2) is 11.6 Å². The van der Waals surface area contributed by atoms with Crippen LogP contribution in [0.3, 0.4) is 0 Å². The maximum atomic E-state index is 13.5. The first-order valence-electron chi connectivity index (χ1n) is 7.20. The van der Waals surface area contributed by atoms with Crippen molar-refractivity contribution in [2.45, 2.75) is 0 Å². The van der Waals surface area contributed by atoms with Crippen LogP contribution in [0.2, 0.25) is 0 Å². The van der Waals surface area contributed by atoms with Gasteiger partial charge in [0.1, 0.15) is 11.5 Å². The van der Waals surface area contributed by atoms with Gasteiger partial charge in [0, 0.05) is 17.7 Å². The maximum Gasteiger partial charge on any atom is 0.336 e. The summed E-state index contributed by atoms with van der Waals surface area (Å²) < 4.78 is 37.1. The molecule has 1 N–H and O–H groups in total. The number of carbonyl (C=O) groups is 1. The van der Waals surface area contributed by atoms with Crippen molar-refractivity contribution in [2.75, 3.05) is 14.2 Å². The van der Waals surface area contributed by atoms with E-state index in [4.69, 9.17) is 9.47 Å². The number of benzene rings is 2. The van der Waals surface area contributed by atoms with Crippen molar-refractivity contribution in [1.82, 2.24) is 4.98 Å². The number of nitrogens with zero attached hydrogens (tertiary/aromatic N) is 1. The average molecular weight is 345 g/mol. The molecule has 7 heteroatoms. The second-order valence-electron chi connectivity index (χ2n) is 5.21. The number of carboxylic acid groups (broad SMARTS) is 1. The molecule has 0 fully saturated rings. The summed E-state index contributed by atoms with van der Waals surface area (Å²) in [6.07, 6.45) is 0. The Hall–Kier alpha value is -3.22. The molecular formula is C18H13F2NO4. The van der Waals surface area contributed by atoms with Gasteiger partial charge in [-0.2, -0.15) is 0 Å². The van der Waals surface area contributed by atoms with Crippen LogP contribution in [-0.2, 0) is 0 Å². The number of hydrogen-bond donors (Lipinski definition) is 1. The van der Waals surface area contributed by atoms with Crippen molar-refractivity contribution in [2.24, 2.45) is 0 Å². The molecule has 1 heterocycles. The molecule has 0 bridgehead atoms. The van der Waals surface area contributed by atoms with Crippen LogP contribution >= 0.6 is 0 Å². The molecule has 3 rings (SSSR count). The summed E-state index contributed by atoms with van der Waals surface area (Å²) in [5, 5.41) is 9.84. The van der Waals surface area contributed by atoms with Crippen LogP contribution in [0.4, 0.5) is 8.78 Å². The van der Waals surface area contributed by atoms with Crippen molar-refractivity contribution in [3.05, 3.63) is 53.6 Å². The third kappa shape index (κ3) is 2.96. The topological polar surface area (TPSA) is 68.7 Å². The molecule has 5 nitrogen and oxygen atoms in total. The molecule has 128 valence electrons. The molecular weight excluding hydrogens is 332 g/mol. The number of aromatic carboxylic acids is 1. The van der Waals surface area contributed by atoms with Gasteiger partial charge in [-0.25, -0.2) is 18.6 Å². The zero-order valence-corrected chi connectivity index (χ0v) is 13.3. The van der Waals surface area contributed by atoms with E-state index in [1.165, 1.54) is 26.4 Å². The standard InChI is InChI=1S/C18H13F2NO4/c1-24-10-6-15-17(16(7-10)25-2)11(18(22)23)8-14(21-15)9-3-4-12(19)13(20)5-9/h3-8H,1-2H3,(H,22,23). The lowest BCUT2D eigenvalue weighted by atomic mass is 10.0. The number of halogens is 2. The van der Waals surface area contributed by atoms with Gasteiger partial charge in [-0.1, -0.05) is 0 Å². The van der Waals surface area contributed by atoms with Crippen LogP contribution in [0.15, 0.2) is 36.4 Å². The SMILES string of the molecule is COc1cc(OC)c2c(C(=O)O)cc(-c3ccc(F)c(F)c3)nc2c1. The Morgan fingerprint density at radius 3 is 2.40 bits per heavy atom. The molecule has 25 heavy (non-hydrogen) atoms. The minimum Gasteiger partial charge on any atom is -0.497 e. The molecule has 0 spiro atoms. The predicted octanol–water partition coefficient (Wildman–Crippen LogP) is 3.90. The number of ether oxygens (including phenoxy) is 2. The van der Waals surface area contributed by atoms with E-state index in [9.17, 15) is 18.7 Å². The molecule has 0 unspecified atom stereocenters. The second kappa shape index (κ2) is 6.35. The molecule has 0 aliphatic carbocycles. The van der Waals surface area contributed by atoms with E-state index in [0.29, 0.717) is 16.7 Å². The normalized spacial score (nSPS) is 10.7. The van der Waals surface area contributed by atoms with Crippen molar-refractivity contribution >= 4 is 16.9 Å². The van der Waals surface area contributed by atoms with E-state index in [2.05, 4.69) is 4.98 Å². The molecule has 0 aliphatic heterocycles. The molecule has 1 aromatic heterocycles. The maximum absolute atomic E-state index is 13.5. The molecule has 0 saturated heterocycles. The van der Waals surface area contributed by atoms with Crippen LogP contribution in [0.25, 0.3) is 22.2 Å². The fourth-order valence-corrected chi connectivity index (χ4v) is 2.56. The van der Waals surface area contributed by atoms with E-state index in [-0.39, 0.29) is 22.6 Å². The predicted molar refractivity (Wildman–Crippen MR) is 87.2 cm³/mol. The highest BCUT2D eigenvalue weighted by molar-refractivity contribution is 6.06. The third-order valence-electron chi connectivity index (χ3n) is 3.75. The first-order valence-corrected chi connectivity index (χ1v) is 7.20. The Bertz CT molecular complexity index is 988. The van der Waals surface area contributed by atoms with Gasteiger partial charge in [-0.15, -0.1) is 0 Å². The van der Waals surface area contributed by atoms with E-state index in [0.717, 1.165) is 12.1 Å². The minimum absolute atomic E-state index is 0.0655. The zero-order chi connectivity index (χ0) is 18.1. The average Bonchev–Trinajstić information content (AvgIpc) is 2.61. The lowest BCUT2D eigenvalue weighted by molar-refractivity contribution is 0.0698. The lowest BCUT2D eigenvalue weighted by Crippen LogP contribution is -2.02.